The third-order valence-corrected chi connectivity index (χ3v) is 7.18. The lowest BCUT2D eigenvalue weighted by Gasteiger charge is -2.23. The number of aryl methyl sites for hydroxylation is 1. The van der Waals surface area contributed by atoms with E-state index in [1.807, 2.05) is 36.6 Å². The maximum atomic E-state index is 13.2. The normalized spacial score (nSPS) is 15.2. The molecule has 2 N–H and O–H groups in total. The number of para-hydroxylation sites is 1. The molecule has 0 fully saturated rings. The first-order valence-corrected chi connectivity index (χ1v) is 11.8. The second-order valence-electron chi connectivity index (χ2n) is 7.36. The molecule has 4 aromatic rings. The van der Waals surface area contributed by atoms with Crippen molar-refractivity contribution in [2.75, 3.05) is 10.6 Å². The van der Waals surface area contributed by atoms with Gasteiger partial charge < -0.3 is 19.8 Å². The Kier molecular flexibility index (Phi) is 5.36. The Morgan fingerprint density at radius 1 is 1.28 bits per heavy atom. The van der Waals surface area contributed by atoms with Gasteiger partial charge in [-0.05, 0) is 38.1 Å². The van der Waals surface area contributed by atoms with Crippen LogP contribution in [0, 0.1) is 6.92 Å². The Labute approximate surface area is 192 Å². The van der Waals surface area contributed by atoms with Gasteiger partial charge in [0.05, 0.1) is 5.69 Å². The predicted octanol–water partition coefficient (Wildman–Crippen LogP) is 5.46. The van der Waals surface area contributed by atoms with Gasteiger partial charge in [-0.3, -0.25) is 9.59 Å². The molecule has 7 nitrogen and oxygen atoms in total. The molecule has 0 saturated heterocycles. The van der Waals surface area contributed by atoms with Crippen molar-refractivity contribution in [2.45, 2.75) is 30.0 Å². The van der Waals surface area contributed by atoms with E-state index in [1.165, 1.54) is 0 Å². The number of hydrogen-bond donors (Lipinski definition) is 2. The summed E-state index contributed by atoms with van der Waals surface area (Å²) < 4.78 is 12.4. The van der Waals surface area contributed by atoms with E-state index in [4.69, 9.17) is 9.15 Å². The van der Waals surface area contributed by atoms with Crippen LogP contribution in [0.1, 0.15) is 28.7 Å². The van der Waals surface area contributed by atoms with Crippen LogP contribution in [-0.4, -0.2) is 22.9 Å². The molecule has 0 bridgehead atoms. The summed E-state index contributed by atoms with van der Waals surface area (Å²) >= 11 is 3.16. The molecule has 3 heterocycles. The van der Waals surface area contributed by atoms with Gasteiger partial charge >= 0.3 is 0 Å². The zero-order valence-electron chi connectivity index (χ0n) is 17.3. The standard InChI is InChI=1S/C23H19N3O4S2/c1-12-10-31-23(24-12)32-11-16-15-5-3-4-6-18(15)30-20(16)22(28)25-14-7-8-19-17(9-14)26-21(27)13(2)29-19/h3-10,13H,11H2,1-2H3,(H,25,28)(H,26,27)/t13-/m1/s1. The van der Waals surface area contributed by atoms with Crippen LogP contribution in [0.15, 0.2) is 56.6 Å². The molecule has 5 rings (SSSR count). The van der Waals surface area contributed by atoms with Crippen LogP contribution in [-0.2, 0) is 10.5 Å². The van der Waals surface area contributed by atoms with Crippen molar-refractivity contribution in [1.29, 1.82) is 0 Å². The highest BCUT2D eigenvalue weighted by molar-refractivity contribution is 8.00. The summed E-state index contributed by atoms with van der Waals surface area (Å²) in [6.07, 6.45) is -0.555. The maximum absolute atomic E-state index is 13.2. The van der Waals surface area contributed by atoms with Crippen molar-refractivity contribution < 1.29 is 18.7 Å². The van der Waals surface area contributed by atoms with Gasteiger partial charge in [-0.2, -0.15) is 0 Å². The quantitative estimate of drug-likeness (QED) is 0.380. The van der Waals surface area contributed by atoms with Gasteiger partial charge in [0.25, 0.3) is 11.8 Å². The number of carbonyl (C=O) groups excluding carboxylic acids is 2. The SMILES string of the molecule is Cc1csc(SCc2c(C(=O)Nc3ccc4c(c3)NC(=O)[C@@H](C)O4)oc3ccccc23)n1. The van der Waals surface area contributed by atoms with E-state index in [9.17, 15) is 9.59 Å². The zero-order chi connectivity index (χ0) is 22.2. The molecule has 1 atom stereocenters. The summed E-state index contributed by atoms with van der Waals surface area (Å²) in [6.45, 7) is 3.64. The maximum Gasteiger partial charge on any atom is 0.291 e. The number of fused-ring (bicyclic) bond motifs is 2. The fourth-order valence-corrected chi connectivity index (χ4v) is 5.31. The van der Waals surface area contributed by atoms with E-state index in [0.717, 1.165) is 21.0 Å². The Bertz CT molecular complexity index is 1340. The Hall–Kier alpha value is -3.30. The number of thioether (sulfide) groups is 1. The largest absolute Gasteiger partial charge is 0.479 e. The monoisotopic (exact) mass is 465 g/mol. The molecule has 0 radical (unpaired) electrons. The number of nitrogens with one attached hydrogen (secondary N) is 2. The summed E-state index contributed by atoms with van der Waals surface area (Å²) in [5, 5.41) is 8.57. The van der Waals surface area contributed by atoms with Crippen LogP contribution in [0.5, 0.6) is 5.75 Å². The van der Waals surface area contributed by atoms with Crippen LogP contribution in [0.3, 0.4) is 0 Å². The molecule has 0 unspecified atom stereocenters. The minimum absolute atomic E-state index is 0.227. The molecular weight excluding hydrogens is 446 g/mol. The number of nitrogens with zero attached hydrogens (tertiary/aromatic N) is 1. The number of thiazole rings is 1. The van der Waals surface area contributed by atoms with E-state index in [0.29, 0.717) is 28.5 Å². The number of hydrogen-bond acceptors (Lipinski definition) is 7. The van der Waals surface area contributed by atoms with Crippen LogP contribution >= 0.6 is 23.1 Å². The Morgan fingerprint density at radius 3 is 2.94 bits per heavy atom. The number of anilines is 2. The predicted molar refractivity (Wildman–Crippen MR) is 126 cm³/mol. The smallest absolute Gasteiger partial charge is 0.291 e. The van der Waals surface area contributed by atoms with Crippen molar-refractivity contribution in [3.8, 4) is 5.75 Å². The number of carbonyl (C=O) groups is 2. The molecular formula is C23H19N3O4S2. The lowest BCUT2D eigenvalue weighted by Crippen LogP contribution is -2.34. The highest BCUT2D eigenvalue weighted by Gasteiger charge is 2.25. The van der Waals surface area contributed by atoms with E-state index in [1.54, 1.807) is 48.2 Å². The third-order valence-electron chi connectivity index (χ3n) is 5.01. The lowest BCUT2D eigenvalue weighted by atomic mass is 10.1. The molecule has 0 aliphatic carbocycles. The summed E-state index contributed by atoms with van der Waals surface area (Å²) in [7, 11) is 0. The minimum atomic E-state index is -0.555. The highest BCUT2D eigenvalue weighted by Crippen LogP contribution is 2.35. The van der Waals surface area contributed by atoms with E-state index < -0.39 is 6.10 Å². The molecule has 2 aromatic heterocycles. The molecule has 0 spiro atoms. The summed E-state index contributed by atoms with van der Waals surface area (Å²) in [4.78, 5) is 29.5. The van der Waals surface area contributed by atoms with E-state index >= 15 is 0 Å². The second kappa shape index (κ2) is 8.33. The first kappa shape index (κ1) is 20.6. The number of amides is 2. The van der Waals surface area contributed by atoms with E-state index in [2.05, 4.69) is 15.6 Å². The topological polar surface area (TPSA) is 93.5 Å². The molecule has 0 saturated carbocycles. The fraction of sp³-hybridized carbons (Fsp3) is 0.174. The van der Waals surface area contributed by atoms with Crippen LogP contribution in [0.25, 0.3) is 11.0 Å². The van der Waals surface area contributed by atoms with Crippen LogP contribution in [0.4, 0.5) is 11.4 Å². The lowest BCUT2D eigenvalue weighted by molar-refractivity contribution is -0.122. The van der Waals surface area contributed by atoms with Gasteiger partial charge in [-0.25, -0.2) is 4.98 Å². The summed E-state index contributed by atoms with van der Waals surface area (Å²) in [6, 6.07) is 12.7. The average molecular weight is 466 g/mol. The van der Waals surface area contributed by atoms with Crippen LogP contribution in [0.2, 0.25) is 0 Å². The molecule has 2 aromatic carbocycles. The second-order valence-corrected chi connectivity index (χ2v) is 9.44. The van der Waals surface area contributed by atoms with Gasteiger partial charge in [0.15, 0.2) is 11.9 Å². The number of furan rings is 1. The van der Waals surface area contributed by atoms with E-state index in [-0.39, 0.29) is 17.6 Å². The van der Waals surface area contributed by atoms with Crippen molar-refractivity contribution in [2.24, 2.45) is 0 Å². The number of benzene rings is 2. The first-order valence-electron chi connectivity index (χ1n) is 9.96. The van der Waals surface area contributed by atoms with Gasteiger partial charge in [-0.1, -0.05) is 30.0 Å². The van der Waals surface area contributed by atoms with Gasteiger partial charge in [0, 0.05) is 33.5 Å². The highest BCUT2D eigenvalue weighted by atomic mass is 32.2. The number of ether oxygens (including phenoxy) is 1. The molecule has 32 heavy (non-hydrogen) atoms. The summed E-state index contributed by atoms with van der Waals surface area (Å²) in [5.41, 5.74) is 3.50. The van der Waals surface area contributed by atoms with Crippen molar-refractivity contribution >= 4 is 57.3 Å². The average Bonchev–Trinajstić information content (AvgIpc) is 3.36. The summed E-state index contributed by atoms with van der Waals surface area (Å²) in [5.74, 6) is 0.797. The third kappa shape index (κ3) is 3.96. The number of aromatic nitrogens is 1. The molecule has 1 aliphatic rings. The fourth-order valence-electron chi connectivity index (χ4n) is 3.43. The first-order chi connectivity index (χ1) is 15.5. The van der Waals surface area contributed by atoms with Gasteiger partial charge in [0.1, 0.15) is 15.7 Å². The van der Waals surface area contributed by atoms with Gasteiger partial charge in [-0.15, -0.1) is 11.3 Å². The molecule has 9 heteroatoms. The minimum Gasteiger partial charge on any atom is -0.479 e. The van der Waals surface area contributed by atoms with Crippen molar-refractivity contribution in [3.63, 3.8) is 0 Å². The van der Waals surface area contributed by atoms with Crippen LogP contribution < -0.4 is 15.4 Å². The molecule has 1 aliphatic heterocycles. The number of rotatable bonds is 5. The Morgan fingerprint density at radius 2 is 2.12 bits per heavy atom. The molecule has 162 valence electrons. The zero-order valence-corrected chi connectivity index (χ0v) is 18.9. The van der Waals surface area contributed by atoms with Crippen molar-refractivity contribution in [3.05, 3.63) is 64.9 Å². The van der Waals surface area contributed by atoms with Gasteiger partial charge in [0.2, 0.25) is 0 Å². The Balaban J connectivity index is 1.42. The molecule has 2 amide bonds. The van der Waals surface area contributed by atoms with Crippen molar-refractivity contribution in [1.82, 2.24) is 4.98 Å².